The molecule has 0 aliphatic rings. The minimum atomic E-state index is -1.18. The van der Waals surface area contributed by atoms with E-state index in [-0.39, 0.29) is 0 Å². The summed E-state index contributed by atoms with van der Waals surface area (Å²) in [6.45, 7) is 0.595. The number of ether oxygens (including phenoxy) is 1. The Morgan fingerprint density at radius 3 is 2.50 bits per heavy atom. The van der Waals surface area contributed by atoms with Crippen LogP contribution in [0.3, 0.4) is 0 Å². The molecule has 0 bridgehead atoms. The molecule has 0 spiro atoms. The third-order valence-electron chi connectivity index (χ3n) is 0.811. The Kier molecular flexibility index (Phi) is 5.05. The van der Waals surface area contributed by atoms with E-state index in [9.17, 15) is 0 Å². The van der Waals surface area contributed by atoms with Gasteiger partial charge in [-0.25, -0.2) is 0 Å². The fraction of sp³-hybridized carbons (Fsp3) is 1.00. The van der Waals surface area contributed by atoms with Crippen LogP contribution in [0, 0.1) is 0 Å². The van der Waals surface area contributed by atoms with Gasteiger partial charge in [0.05, 0.1) is 0 Å². The van der Waals surface area contributed by atoms with Crippen molar-refractivity contribution in [2.45, 2.75) is 12.7 Å². The quantitative estimate of drug-likeness (QED) is 0.386. The summed E-state index contributed by atoms with van der Waals surface area (Å²) >= 11 is 0. The molecule has 0 amide bonds. The first-order chi connectivity index (χ1) is 3.77. The average molecular weight is 118 g/mol. The highest BCUT2D eigenvalue weighted by Gasteiger charge is 2.03. The summed E-state index contributed by atoms with van der Waals surface area (Å²) in [5.74, 6) is 0. The molecule has 0 fully saturated rings. The zero-order valence-corrected chi connectivity index (χ0v) is 5.00. The Bertz CT molecular complexity index is 48.5. The molecule has 3 nitrogen and oxygen atoms in total. The first-order valence-electron chi connectivity index (χ1n) is 2.62. The van der Waals surface area contributed by atoms with Crippen LogP contribution in [0.5, 0.6) is 0 Å². The summed E-state index contributed by atoms with van der Waals surface area (Å²) in [5, 5.41) is 16.6. The summed E-state index contributed by atoms with van der Waals surface area (Å²) in [5.41, 5.74) is 0. The van der Waals surface area contributed by atoms with Crippen molar-refractivity contribution in [1.29, 1.82) is 0 Å². The molecule has 0 atom stereocenters. The molecular weight excluding hydrogens is 107 g/mol. The van der Waals surface area contributed by atoms with Gasteiger partial charge in [-0.05, 0) is 12.7 Å². The Balaban J connectivity index is 2.72. The zero-order chi connectivity index (χ0) is 6.41. The molecule has 0 aromatic heterocycles. The molecule has 4 heteroatoms. The lowest BCUT2D eigenvalue weighted by Crippen LogP contribution is -2.10. The third kappa shape index (κ3) is 5.94. The number of rotatable bonds is 4. The van der Waals surface area contributed by atoms with Crippen molar-refractivity contribution in [2.75, 3.05) is 13.7 Å². The number of hydrogen-bond donors (Lipinski definition) is 2. The Morgan fingerprint density at radius 2 is 2.12 bits per heavy atom. The van der Waals surface area contributed by atoms with Crippen molar-refractivity contribution >= 4 is 7.12 Å². The van der Waals surface area contributed by atoms with Gasteiger partial charge in [0.2, 0.25) is 0 Å². The van der Waals surface area contributed by atoms with Gasteiger partial charge in [-0.1, -0.05) is 0 Å². The van der Waals surface area contributed by atoms with Gasteiger partial charge in [-0.2, -0.15) is 0 Å². The van der Waals surface area contributed by atoms with Gasteiger partial charge in [0.25, 0.3) is 0 Å². The van der Waals surface area contributed by atoms with Crippen LogP contribution >= 0.6 is 0 Å². The van der Waals surface area contributed by atoms with Crippen molar-refractivity contribution in [3.8, 4) is 0 Å². The number of methoxy groups -OCH3 is 1. The highest BCUT2D eigenvalue weighted by Crippen LogP contribution is 1.90. The van der Waals surface area contributed by atoms with Gasteiger partial charge in [0, 0.05) is 13.7 Å². The summed E-state index contributed by atoms with van der Waals surface area (Å²) in [7, 11) is 0.411. The van der Waals surface area contributed by atoms with Crippen molar-refractivity contribution < 1.29 is 14.8 Å². The largest absolute Gasteiger partial charge is 0.451 e. The van der Waals surface area contributed by atoms with Gasteiger partial charge in [0.1, 0.15) is 0 Å². The summed E-state index contributed by atoms with van der Waals surface area (Å²) in [6.07, 6.45) is 1.10. The van der Waals surface area contributed by atoms with Crippen molar-refractivity contribution in [3.05, 3.63) is 0 Å². The van der Waals surface area contributed by atoms with Crippen LogP contribution in [-0.4, -0.2) is 30.9 Å². The minimum Gasteiger partial charge on any atom is -0.427 e. The molecule has 0 saturated heterocycles. The van der Waals surface area contributed by atoms with Crippen LogP contribution in [0.1, 0.15) is 6.42 Å². The fourth-order valence-electron chi connectivity index (χ4n) is 0.410. The molecule has 0 unspecified atom stereocenters. The van der Waals surface area contributed by atoms with Crippen LogP contribution in [0.25, 0.3) is 0 Å². The summed E-state index contributed by atoms with van der Waals surface area (Å²) < 4.78 is 4.67. The lowest BCUT2D eigenvalue weighted by atomic mass is 9.85. The zero-order valence-electron chi connectivity index (χ0n) is 5.00. The summed E-state index contributed by atoms with van der Waals surface area (Å²) in [6, 6.07) is 0. The van der Waals surface area contributed by atoms with Gasteiger partial charge in [-0.15, -0.1) is 0 Å². The fourth-order valence-corrected chi connectivity index (χ4v) is 0.410. The second-order valence-corrected chi connectivity index (χ2v) is 1.62. The molecule has 48 valence electrons. The lowest BCUT2D eigenvalue weighted by molar-refractivity contribution is 0.197. The predicted octanol–water partition coefficient (Wildman–Crippen LogP) is -0.504. The van der Waals surface area contributed by atoms with Crippen molar-refractivity contribution in [1.82, 2.24) is 0 Å². The average Bonchev–Trinajstić information content (AvgIpc) is 1.66. The topological polar surface area (TPSA) is 49.7 Å². The SMILES string of the molecule is COCCCB(O)O. The molecule has 0 heterocycles. The van der Waals surface area contributed by atoms with Crippen LogP contribution < -0.4 is 0 Å². The standard InChI is InChI=1S/C4H11BO3/c1-8-4-2-3-5(6)7/h6-7H,2-4H2,1H3. The van der Waals surface area contributed by atoms with Crippen LogP contribution in [-0.2, 0) is 4.74 Å². The molecule has 8 heavy (non-hydrogen) atoms. The highest BCUT2D eigenvalue weighted by atomic mass is 16.5. The highest BCUT2D eigenvalue weighted by molar-refractivity contribution is 6.40. The Hall–Kier alpha value is -0.0551. The molecule has 0 rings (SSSR count). The second-order valence-electron chi connectivity index (χ2n) is 1.62. The van der Waals surface area contributed by atoms with E-state index in [1.807, 2.05) is 0 Å². The first kappa shape index (κ1) is 7.94. The molecular formula is C4H11BO3. The van der Waals surface area contributed by atoms with Crippen LogP contribution in [0.4, 0.5) is 0 Å². The van der Waals surface area contributed by atoms with E-state index >= 15 is 0 Å². The number of hydrogen-bond acceptors (Lipinski definition) is 3. The van der Waals surface area contributed by atoms with Crippen molar-refractivity contribution in [3.63, 3.8) is 0 Å². The normalized spacial score (nSPS) is 9.38. The van der Waals surface area contributed by atoms with Gasteiger partial charge < -0.3 is 14.8 Å². The second kappa shape index (κ2) is 5.09. The maximum Gasteiger partial charge on any atom is 0.451 e. The third-order valence-corrected chi connectivity index (χ3v) is 0.811. The van der Waals surface area contributed by atoms with Gasteiger partial charge in [-0.3, -0.25) is 0 Å². The predicted molar refractivity (Wildman–Crippen MR) is 31.5 cm³/mol. The first-order valence-corrected chi connectivity index (χ1v) is 2.62. The summed E-state index contributed by atoms with van der Waals surface area (Å²) in [4.78, 5) is 0. The van der Waals surface area contributed by atoms with Gasteiger partial charge in [0.15, 0.2) is 0 Å². The minimum absolute atomic E-state index is 0.397. The molecule has 0 aromatic rings. The Labute approximate surface area is 49.4 Å². The van der Waals surface area contributed by atoms with E-state index in [0.717, 1.165) is 0 Å². The molecule has 0 aliphatic heterocycles. The van der Waals surface area contributed by atoms with E-state index in [1.54, 1.807) is 7.11 Å². The maximum absolute atomic E-state index is 8.28. The monoisotopic (exact) mass is 118 g/mol. The van der Waals surface area contributed by atoms with Crippen LogP contribution in [0.15, 0.2) is 0 Å². The van der Waals surface area contributed by atoms with E-state index < -0.39 is 7.12 Å². The van der Waals surface area contributed by atoms with Gasteiger partial charge >= 0.3 is 7.12 Å². The maximum atomic E-state index is 8.28. The molecule has 0 saturated carbocycles. The smallest absolute Gasteiger partial charge is 0.427 e. The van der Waals surface area contributed by atoms with Crippen LogP contribution in [0.2, 0.25) is 6.32 Å². The van der Waals surface area contributed by atoms with E-state index in [4.69, 9.17) is 10.0 Å². The molecule has 0 aliphatic carbocycles. The Morgan fingerprint density at radius 1 is 1.50 bits per heavy atom. The molecule has 0 aromatic carbocycles. The molecule has 0 radical (unpaired) electrons. The van der Waals surface area contributed by atoms with Crippen molar-refractivity contribution in [2.24, 2.45) is 0 Å². The van der Waals surface area contributed by atoms with E-state index in [1.165, 1.54) is 0 Å². The van der Waals surface area contributed by atoms with E-state index in [2.05, 4.69) is 4.74 Å². The molecule has 2 N–H and O–H groups in total. The van der Waals surface area contributed by atoms with E-state index in [0.29, 0.717) is 19.3 Å². The lowest BCUT2D eigenvalue weighted by Gasteiger charge is -1.95.